The molecule has 142 valence electrons. The lowest BCUT2D eigenvalue weighted by Gasteiger charge is -2.30. The monoisotopic (exact) mass is 396 g/mol. The molecule has 1 unspecified atom stereocenters. The summed E-state index contributed by atoms with van der Waals surface area (Å²) in [4.78, 5) is 23.6. The van der Waals surface area contributed by atoms with Gasteiger partial charge in [0.1, 0.15) is 11.3 Å². The zero-order chi connectivity index (χ0) is 19.8. The van der Waals surface area contributed by atoms with Crippen molar-refractivity contribution >= 4 is 34.6 Å². The molecule has 4 rings (SSSR count). The van der Waals surface area contributed by atoms with Gasteiger partial charge in [-0.15, -0.1) is 0 Å². The standard InChI is InChI=1S/C19H16N4O4S/c1-23-8-12(7-20-23)17-15(11-4-5-28-9-11)16(21-19(27)22-17)10-2-3-13(18(25)26)14(24)6-10/h2-9,16,24H,1H3,(H,25,26)(H2,21,22,27). The van der Waals surface area contributed by atoms with Crippen LogP contribution in [0.15, 0.2) is 47.4 Å². The third-order valence-corrected chi connectivity index (χ3v) is 5.17. The van der Waals surface area contributed by atoms with Gasteiger partial charge in [-0.05, 0) is 40.1 Å². The number of hydrogen-bond donors (Lipinski definition) is 4. The summed E-state index contributed by atoms with van der Waals surface area (Å²) in [6, 6.07) is 5.25. The number of phenols is 1. The molecule has 1 atom stereocenters. The Hall–Kier alpha value is -3.59. The molecule has 28 heavy (non-hydrogen) atoms. The van der Waals surface area contributed by atoms with E-state index < -0.39 is 18.0 Å². The second kappa shape index (κ2) is 6.86. The van der Waals surface area contributed by atoms with Crippen LogP contribution in [0.4, 0.5) is 4.79 Å². The summed E-state index contributed by atoms with van der Waals surface area (Å²) in [5, 5.41) is 33.1. The van der Waals surface area contributed by atoms with Gasteiger partial charge in [-0.1, -0.05) is 6.07 Å². The van der Waals surface area contributed by atoms with E-state index in [-0.39, 0.29) is 11.3 Å². The van der Waals surface area contributed by atoms with Crippen LogP contribution in [0, 0.1) is 0 Å². The molecule has 0 fully saturated rings. The Labute approximate surface area is 163 Å². The van der Waals surface area contributed by atoms with Gasteiger partial charge in [-0.25, -0.2) is 9.59 Å². The second-order valence-electron chi connectivity index (χ2n) is 6.32. The number of hydrogen-bond acceptors (Lipinski definition) is 5. The van der Waals surface area contributed by atoms with Crippen LogP contribution in [0.3, 0.4) is 0 Å². The normalized spacial score (nSPS) is 16.6. The van der Waals surface area contributed by atoms with Crippen molar-refractivity contribution in [1.29, 1.82) is 0 Å². The van der Waals surface area contributed by atoms with Gasteiger partial charge in [0.15, 0.2) is 0 Å². The van der Waals surface area contributed by atoms with E-state index in [1.165, 1.54) is 23.5 Å². The Kier molecular flexibility index (Phi) is 4.36. The van der Waals surface area contributed by atoms with Crippen LogP contribution in [-0.2, 0) is 7.05 Å². The van der Waals surface area contributed by atoms with E-state index in [1.807, 2.05) is 16.8 Å². The fourth-order valence-electron chi connectivity index (χ4n) is 3.23. The number of rotatable bonds is 4. The molecule has 0 radical (unpaired) electrons. The molecule has 0 saturated heterocycles. The van der Waals surface area contributed by atoms with Crippen molar-refractivity contribution in [2.75, 3.05) is 0 Å². The first-order valence-corrected chi connectivity index (χ1v) is 9.28. The number of carbonyl (C=O) groups is 2. The van der Waals surface area contributed by atoms with Crippen molar-refractivity contribution in [1.82, 2.24) is 20.4 Å². The molecule has 0 saturated carbocycles. The Balaban J connectivity index is 1.91. The van der Waals surface area contributed by atoms with Crippen LogP contribution >= 0.6 is 11.3 Å². The molecule has 4 N–H and O–H groups in total. The lowest BCUT2D eigenvalue weighted by Crippen LogP contribution is -2.42. The molecule has 1 aromatic carbocycles. The van der Waals surface area contributed by atoms with Gasteiger partial charge in [0.2, 0.25) is 0 Å². The first-order valence-electron chi connectivity index (χ1n) is 8.33. The molecule has 2 aromatic heterocycles. The van der Waals surface area contributed by atoms with E-state index in [0.29, 0.717) is 11.3 Å². The minimum atomic E-state index is -1.22. The third-order valence-electron chi connectivity index (χ3n) is 4.48. The van der Waals surface area contributed by atoms with Crippen molar-refractivity contribution < 1.29 is 19.8 Å². The molecule has 2 amide bonds. The number of carbonyl (C=O) groups excluding carboxylic acids is 1. The molecule has 8 nitrogen and oxygen atoms in total. The summed E-state index contributed by atoms with van der Waals surface area (Å²) in [6.07, 6.45) is 3.46. The summed E-state index contributed by atoms with van der Waals surface area (Å²) in [5.41, 5.74) is 3.44. The van der Waals surface area contributed by atoms with E-state index in [0.717, 1.165) is 16.7 Å². The Morgan fingerprint density at radius 2 is 2.11 bits per heavy atom. The molecular formula is C19H16N4O4S. The zero-order valence-corrected chi connectivity index (χ0v) is 15.5. The molecule has 3 heterocycles. The lowest BCUT2D eigenvalue weighted by molar-refractivity contribution is 0.0693. The van der Waals surface area contributed by atoms with Crippen LogP contribution in [-0.4, -0.2) is 32.0 Å². The van der Waals surface area contributed by atoms with E-state index in [9.17, 15) is 14.7 Å². The summed E-state index contributed by atoms with van der Waals surface area (Å²) < 4.78 is 1.64. The highest BCUT2D eigenvalue weighted by Gasteiger charge is 2.31. The lowest BCUT2D eigenvalue weighted by atomic mass is 9.89. The van der Waals surface area contributed by atoms with Crippen molar-refractivity contribution in [2.24, 2.45) is 7.05 Å². The second-order valence-corrected chi connectivity index (χ2v) is 7.10. The Bertz CT molecular complexity index is 1100. The molecule has 1 aliphatic rings. The smallest absolute Gasteiger partial charge is 0.339 e. The Morgan fingerprint density at radius 3 is 2.71 bits per heavy atom. The molecular weight excluding hydrogens is 380 g/mol. The number of aromatic hydroxyl groups is 1. The predicted molar refractivity (Wildman–Crippen MR) is 104 cm³/mol. The predicted octanol–water partition coefficient (Wildman–Crippen LogP) is 2.81. The van der Waals surface area contributed by atoms with Crippen LogP contribution in [0.5, 0.6) is 5.75 Å². The van der Waals surface area contributed by atoms with Gasteiger partial charge in [0.05, 0.1) is 17.9 Å². The quantitative estimate of drug-likeness (QED) is 0.541. The van der Waals surface area contributed by atoms with E-state index in [2.05, 4.69) is 15.7 Å². The fraction of sp³-hybridized carbons (Fsp3) is 0.105. The summed E-state index contributed by atoms with van der Waals surface area (Å²) in [7, 11) is 1.79. The van der Waals surface area contributed by atoms with E-state index in [4.69, 9.17) is 5.11 Å². The van der Waals surface area contributed by atoms with Gasteiger partial charge in [0, 0.05) is 24.4 Å². The van der Waals surface area contributed by atoms with Crippen molar-refractivity contribution in [3.05, 3.63) is 69.7 Å². The summed E-state index contributed by atoms with van der Waals surface area (Å²) in [6.45, 7) is 0. The van der Waals surface area contributed by atoms with E-state index >= 15 is 0 Å². The molecule has 9 heteroatoms. The number of carboxylic acids is 1. The maximum Gasteiger partial charge on any atom is 0.339 e. The first-order chi connectivity index (χ1) is 13.4. The average Bonchev–Trinajstić information content (AvgIpc) is 3.32. The number of nitrogens with one attached hydrogen (secondary N) is 2. The first kappa shape index (κ1) is 17.8. The summed E-state index contributed by atoms with van der Waals surface area (Å²) in [5.74, 6) is -1.58. The maximum absolute atomic E-state index is 12.4. The van der Waals surface area contributed by atoms with Gasteiger partial charge < -0.3 is 20.8 Å². The van der Waals surface area contributed by atoms with Crippen LogP contribution < -0.4 is 10.6 Å². The molecule has 1 aliphatic heterocycles. The number of aromatic carboxylic acids is 1. The molecule has 0 aliphatic carbocycles. The number of aromatic nitrogens is 2. The van der Waals surface area contributed by atoms with Crippen LogP contribution in [0.1, 0.15) is 33.1 Å². The van der Waals surface area contributed by atoms with Gasteiger partial charge in [0.25, 0.3) is 0 Å². The Morgan fingerprint density at radius 1 is 1.29 bits per heavy atom. The number of aryl methyl sites for hydroxylation is 1. The van der Waals surface area contributed by atoms with Crippen molar-refractivity contribution in [2.45, 2.75) is 6.04 Å². The number of urea groups is 1. The number of amides is 2. The van der Waals surface area contributed by atoms with Gasteiger partial charge in [-0.3, -0.25) is 4.68 Å². The molecule has 3 aromatic rings. The minimum absolute atomic E-state index is 0.197. The van der Waals surface area contributed by atoms with Gasteiger partial charge in [-0.2, -0.15) is 16.4 Å². The SMILES string of the molecule is Cn1cc(C2=C(c3ccsc3)C(c3ccc(C(=O)O)c(O)c3)NC(=O)N2)cn1. The van der Waals surface area contributed by atoms with Crippen LogP contribution in [0.25, 0.3) is 11.3 Å². The molecule has 0 spiro atoms. The van der Waals surface area contributed by atoms with Crippen molar-refractivity contribution in [3.63, 3.8) is 0 Å². The largest absolute Gasteiger partial charge is 0.507 e. The number of benzene rings is 1. The van der Waals surface area contributed by atoms with Gasteiger partial charge >= 0.3 is 12.0 Å². The topological polar surface area (TPSA) is 116 Å². The number of thiophene rings is 1. The number of nitrogens with zero attached hydrogens (tertiary/aromatic N) is 2. The fourth-order valence-corrected chi connectivity index (χ4v) is 3.89. The highest BCUT2D eigenvalue weighted by atomic mass is 32.1. The number of carboxylic acid groups (broad SMARTS) is 1. The summed E-state index contributed by atoms with van der Waals surface area (Å²) >= 11 is 1.52. The van der Waals surface area contributed by atoms with Crippen LogP contribution in [0.2, 0.25) is 0 Å². The maximum atomic E-state index is 12.4. The highest BCUT2D eigenvalue weighted by molar-refractivity contribution is 7.08. The average molecular weight is 396 g/mol. The zero-order valence-electron chi connectivity index (χ0n) is 14.7. The molecule has 0 bridgehead atoms. The van der Waals surface area contributed by atoms with E-state index in [1.54, 1.807) is 30.2 Å². The minimum Gasteiger partial charge on any atom is -0.507 e. The van der Waals surface area contributed by atoms with Crippen molar-refractivity contribution in [3.8, 4) is 5.75 Å². The third kappa shape index (κ3) is 3.12. The highest BCUT2D eigenvalue weighted by Crippen LogP contribution is 2.39.